The Morgan fingerprint density at radius 1 is 0.882 bits per heavy atom. The van der Waals surface area contributed by atoms with Crippen molar-refractivity contribution < 1.29 is 9.84 Å². The second kappa shape index (κ2) is 11.7. The second-order valence-electron chi connectivity index (χ2n) is 9.92. The number of piperidine rings is 1. The molecule has 180 valence electrons. The first-order valence-corrected chi connectivity index (χ1v) is 12.5. The summed E-state index contributed by atoms with van der Waals surface area (Å²) in [6, 6.07) is 29.9. The summed E-state index contributed by atoms with van der Waals surface area (Å²) in [6.45, 7) is 8.52. The van der Waals surface area contributed by atoms with Gasteiger partial charge in [-0.2, -0.15) is 0 Å². The molecule has 1 fully saturated rings. The fraction of sp³-hybridized carbons (Fsp3) is 0.400. The van der Waals surface area contributed by atoms with E-state index in [0.717, 1.165) is 38.2 Å². The minimum atomic E-state index is -0.525. The van der Waals surface area contributed by atoms with Crippen LogP contribution in [0.3, 0.4) is 0 Å². The van der Waals surface area contributed by atoms with Crippen molar-refractivity contribution in [1.82, 2.24) is 10.2 Å². The van der Waals surface area contributed by atoms with Gasteiger partial charge in [-0.15, -0.1) is 0 Å². The molecule has 1 saturated heterocycles. The monoisotopic (exact) mass is 458 g/mol. The summed E-state index contributed by atoms with van der Waals surface area (Å²) >= 11 is 0. The lowest BCUT2D eigenvalue weighted by Crippen LogP contribution is -2.45. The third kappa shape index (κ3) is 6.69. The summed E-state index contributed by atoms with van der Waals surface area (Å²) in [5.74, 6) is 0.792. The van der Waals surface area contributed by atoms with Gasteiger partial charge in [0.2, 0.25) is 0 Å². The fourth-order valence-electron chi connectivity index (χ4n) is 4.68. The largest absolute Gasteiger partial charge is 0.491 e. The first-order chi connectivity index (χ1) is 16.5. The highest BCUT2D eigenvalue weighted by molar-refractivity contribution is 5.39. The van der Waals surface area contributed by atoms with Gasteiger partial charge in [-0.25, -0.2) is 0 Å². The second-order valence-corrected chi connectivity index (χ2v) is 9.92. The van der Waals surface area contributed by atoms with E-state index in [0.29, 0.717) is 19.2 Å². The van der Waals surface area contributed by atoms with Gasteiger partial charge in [-0.1, -0.05) is 86.6 Å². The summed E-state index contributed by atoms with van der Waals surface area (Å²) in [5.41, 5.74) is 3.83. The van der Waals surface area contributed by atoms with E-state index in [4.69, 9.17) is 4.74 Å². The minimum Gasteiger partial charge on any atom is -0.491 e. The van der Waals surface area contributed by atoms with Crippen LogP contribution in [0.5, 0.6) is 5.75 Å². The van der Waals surface area contributed by atoms with Crippen LogP contribution in [0.2, 0.25) is 0 Å². The molecule has 4 heteroatoms. The molecule has 0 spiro atoms. The predicted octanol–water partition coefficient (Wildman–Crippen LogP) is 5.01. The lowest BCUT2D eigenvalue weighted by Gasteiger charge is -2.33. The summed E-state index contributed by atoms with van der Waals surface area (Å²) < 4.78 is 5.87. The molecule has 2 N–H and O–H groups in total. The Kier molecular flexibility index (Phi) is 8.39. The Morgan fingerprint density at radius 2 is 1.47 bits per heavy atom. The van der Waals surface area contributed by atoms with Crippen LogP contribution in [0, 0.1) is 0 Å². The van der Waals surface area contributed by atoms with E-state index in [1.54, 1.807) is 0 Å². The fourth-order valence-corrected chi connectivity index (χ4v) is 4.68. The lowest BCUT2D eigenvalue weighted by atomic mass is 9.78. The van der Waals surface area contributed by atoms with Gasteiger partial charge >= 0.3 is 0 Å². The van der Waals surface area contributed by atoms with Gasteiger partial charge in [0.05, 0.1) is 0 Å². The summed E-state index contributed by atoms with van der Waals surface area (Å²) in [7, 11) is 0. The van der Waals surface area contributed by atoms with Crippen molar-refractivity contribution in [2.45, 2.75) is 50.8 Å². The average Bonchev–Trinajstić information content (AvgIpc) is 2.88. The van der Waals surface area contributed by atoms with E-state index in [2.05, 4.69) is 90.8 Å². The van der Waals surface area contributed by atoms with E-state index in [-0.39, 0.29) is 5.41 Å². The standard InChI is InChI=1S/C30H38N2O2/c1-30(2,25-11-7-4-8-12-25)26-13-15-29(16-14-26)34-23-28(33)21-31-27-17-19-32(20-18-27)22-24-9-5-3-6-10-24/h3-16,27-28,31,33H,17-23H2,1-2H3/t28-/m0/s1. The number of hydrogen-bond acceptors (Lipinski definition) is 4. The van der Waals surface area contributed by atoms with Crippen LogP contribution in [-0.4, -0.2) is 48.4 Å². The molecule has 3 aromatic carbocycles. The number of hydrogen-bond donors (Lipinski definition) is 2. The van der Waals surface area contributed by atoms with E-state index in [9.17, 15) is 5.11 Å². The molecular weight excluding hydrogens is 420 g/mol. The van der Waals surface area contributed by atoms with Gasteiger partial charge in [0.1, 0.15) is 18.5 Å². The number of rotatable bonds is 10. The zero-order chi connectivity index (χ0) is 23.8. The van der Waals surface area contributed by atoms with Crippen LogP contribution in [0.4, 0.5) is 0 Å². The molecule has 0 unspecified atom stereocenters. The van der Waals surface area contributed by atoms with Gasteiger partial charge in [0.25, 0.3) is 0 Å². The first-order valence-electron chi connectivity index (χ1n) is 12.5. The molecule has 0 saturated carbocycles. The van der Waals surface area contributed by atoms with Crippen molar-refractivity contribution in [2.75, 3.05) is 26.2 Å². The Bertz CT molecular complexity index is 981. The molecular formula is C30H38N2O2. The highest BCUT2D eigenvalue weighted by Gasteiger charge is 2.23. The molecule has 34 heavy (non-hydrogen) atoms. The van der Waals surface area contributed by atoms with E-state index < -0.39 is 6.10 Å². The van der Waals surface area contributed by atoms with Gasteiger partial charge in [0.15, 0.2) is 0 Å². The number of likely N-dealkylation sites (tertiary alicyclic amines) is 1. The van der Waals surface area contributed by atoms with Gasteiger partial charge < -0.3 is 15.2 Å². The minimum absolute atomic E-state index is 0.0695. The van der Waals surface area contributed by atoms with Gasteiger partial charge in [-0.05, 0) is 54.8 Å². The van der Waals surface area contributed by atoms with Crippen LogP contribution in [-0.2, 0) is 12.0 Å². The van der Waals surface area contributed by atoms with Crippen molar-refractivity contribution in [1.29, 1.82) is 0 Å². The normalized spacial score (nSPS) is 16.3. The van der Waals surface area contributed by atoms with E-state index >= 15 is 0 Å². The molecule has 3 aromatic rings. The number of benzene rings is 3. The molecule has 0 aliphatic carbocycles. The molecule has 0 aromatic heterocycles. The molecule has 0 bridgehead atoms. The van der Waals surface area contributed by atoms with Crippen molar-refractivity contribution in [3.63, 3.8) is 0 Å². The van der Waals surface area contributed by atoms with Crippen LogP contribution in [0.1, 0.15) is 43.4 Å². The molecule has 1 aliphatic heterocycles. The Hall–Kier alpha value is -2.66. The molecule has 0 amide bonds. The molecule has 0 radical (unpaired) electrons. The summed E-state index contributed by atoms with van der Waals surface area (Å²) in [6.07, 6.45) is 1.70. The maximum absolute atomic E-state index is 10.4. The van der Waals surface area contributed by atoms with Crippen molar-refractivity contribution in [3.05, 3.63) is 102 Å². The van der Waals surface area contributed by atoms with Crippen molar-refractivity contribution in [3.8, 4) is 5.75 Å². The van der Waals surface area contributed by atoms with Gasteiger partial charge in [0, 0.05) is 24.5 Å². The number of ether oxygens (including phenoxy) is 1. The first kappa shape index (κ1) is 24.5. The maximum atomic E-state index is 10.4. The zero-order valence-corrected chi connectivity index (χ0v) is 20.5. The van der Waals surface area contributed by atoms with Gasteiger partial charge in [-0.3, -0.25) is 4.90 Å². The highest BCUT2D eigenvalue weighted by Crippen LogP contribution is 2.32. The number of nitrogens with one attached hydrogen (secondary N) is 1. The molecule has 1 aliphatic rings. The third-order valence-electron chi connectivity index (χ3n) is 6.99. The number of aliphatic hydroxyl groups excluding tert-OH is 1. The molecule has 4 nitrogen and oxygen atoms in total. The topological polar surface area (TPSA) is 44.7 Å². The Balaban J connectivity index is 1.16. The third-order valence-corrected chi connectivity index (χ3v) is 6.99. The SMILES string of the molecule is CC(C)(c1ccccc1)c1ccc(OC[C@@H](O)CNC2CCN(Cc3ccccc3)CC2)cc1. The van der Waals surface area contributed by atoms with E-state index in [1.807, 2.05) is 18.2 Å². The summed E-state index contributed by atoms with van der Waals surface area (Å²) in [5, 5.41) is 14.0. The van der Waals surface area contributed by atoms with Crippen LogP contribution in [0.15, 0.2) is 84.9 Å². The quantitative estimate of drug-likeness (QED) is 0.448. The summed E-state index contributed by atoms with van der Waals surface area (Å²) in [4.78, 5) is 2.51. The lowest BCUT2D eigenvalue weighted by molar-refractivity contribution is 0.0979. The van der Waals surface area contributed by atoms with Crippen LogP contribution in [0.25, 0.3) is 0 Å². The van der Waals surface area contributed by atoms with Crippen molar-refractivity contribution in [2.24, 2.45) is 0 Å². The van der Waals surface area contributed by atoms with Crippen LogP contribution < -0.4 is 10.1 Å². The number of aliphatic hydroxyl groups is 1. The van der Waals surface area contributed by atoms with Crippen molar-refractivity contribution >= 4 is 0 Å². The highest BCUT2D eigenvalue weighted by atomic mass is 16.5. The smallest absolute Gasteiger partial charge is 0.119 e. The molecule has 1 atom stereocenters. The molecule has 1 heterocycles. The average molecular weight is 459 g/mol. The Labute approximate surface area is 204 Å². The predicted molar refractivity (Wildman–Crippen MR) is 139 cm³/mol. The van der Waals surface area contributed by atoms with E-state index in [1.165, 1.54) is 16.7 Å². The molecule has 4 rings (SSSR count). The number of nitrogens with zero attached hydrogens (tertiary/aromatic N) is 1. The van der Waals surface area contributed by atoms with Crippen LogP contribution >= 0.6 is 0 Å². The maximum Gasteiger partial charge on any atom is 0.119 e. The zero-order valence-electron chi connectivity index (χ0n) is 20.5. The Morgan fingerprint density at radius 3 is 2.12 bits per heavy atom.